The lowest BCUT2D eigenvalue weighted by Crippen LogP contribution is -2.06. The van der Waals surface area contributed by atoms with E-state index < -0.39 is 21.6 Å². The van der Waals surface area contributed by atoms with E-state index >= 15 is 0 Å². The molecule has 6 nitrogen and oxygen atoms in total. The molecule has 0 radical (unpaired) electrons. The Labute approximate surface area is 153 Å². The molecule has 136 valence electrons. The summed E-state index contributed by atoms with van der Waals surface area (Å²) in [7, 11) is -3.34. The highest BCUT2D eigenvalue weighted by Crippen LogP contribution is 2.32. The van der Waals surface area contributed by atoms with Crippen molar-refractivity contribution in [2.75, 3.05) is 12.9 Å². The fraction of sp³-hybridized carbons (Fsp3) is 0.176. The highest BCUT2D eigenvalue weighted by atomic mass is 32.2. The number of aromatic nitrogens is 2. The van der Waals surface area contributed by atoms with Crippen molar-refractivity contribution in [2.45, 2.75) is 11.1 Å². The molecule has 0 amide bonds. The average Bonchev–Trinajstić information content (AvgIpc) is 3.22. The van der Waals surface area contributed by atoms with E-state index in [4.69, 9.17) is 4.74 Å². The van der Waals surface area contributed by atoms with Crippen LogP contribution >= 0.6 is 11.3 Å². The molecule has 0 unspecified atom stereocenters. The Morgan fingerprint density at radius 1 is 1.23 bits per heavy atom. The van der Waals surface area contributed by atoms with Crippen molar-refractivity contribution in [3.63, 3.8) is 0 Å². The van der Waals surface area contributed by atoms with E-state index in [0.29, 0.717) is 16.3 Å². The van der Waals surface area contributed by atoms with Gasteiger partial charge in [0.05, 0.1) is 22.9 Å². The van der Waals surface area contributed by atoms with Crippen molar-refractivity contribution < 1.29 is 22.3 Å². The van der Waals surface area contributed by atoms with Crippen molar-refractivity contribution in [3.8, 4) is 16.3 Å². The van der Waals surface area contributed by atoms with Gasteiger partial charge in [0.1, 0.15) is 10.0 Å². The molecule has 0 spiro atoms. The van der Waals surface area contributed by atoms with Crippen LogP contribution in [-0.2, 0) is 14.6 Å². The van der Waals surface area contributed by atoms with Crippen molar-refractivity contribution in [3.05, 3.63) is 54.0 Å². The van der Waals surface area contributed by atoms with Crippen LogP contribution in [0.25, 0.3) is 16.3 Å². The summed E-state index contributed by atoms with van der Waals surface area (Å²) in [6.45, 7) is 1.89. The van der Waals surface area contributed by atoms with Gasteiger partial charge in [0.25, 0.3) is 0 Å². The van der Waals surface area contributed by atoms with Gasteiger partial charge < -0.3 is 4.74 Å². The number of carbonyl (C=O) groups excluding carboxylic acids is 1. The number of benzene rings is 1. The lowest BCUT2D eigenvalue weighted by Gasteiger charge is -2.05. The molecule has 3 aromatic rings. The van der Waals surface area contributed by atoms with Crippen LogP contribution in [0.2, 0.25) is 0 Å². The summed E-state index contributed by atoms with van der Waals surface area (Å²) in [5.41, 5.74) is 1.13. The molecule has 0 fully saturated rings. The summed E-state index contributed by atoms with van der Waals surface area (Å²) in [5, 5.41) is 4.25. The van der Waals surface area contributed by atoms with E-state index in [1.165, 1.54) is 41.1 Å². The first-order valence-electron chi connectivity index (χ1n) is 7.63. The number of sulfone groups is 1. The van der Waals surface area contributed by atoms with Crippen LogP contribution in [0.5, 0.6) is 0 Å². The van der Waals surface area contributed by atoms with Gasteiger partial charge in [-0.05, 0) is 43.3 Å². The molecule has 0 bridgehead atoms. The van der Waals surface area contributed by atoms with Gasteiger partial charge in [-0.15, -0.1) is 11.3 Å². The van der Waals surface area contributed by atoms with Gasteiger partial charge >= 0.3 is 5.97 Å². The molecule has 2 aromatic heterocycles. The van der Waals surface area contributed by atoms with Crippen LogP contribution in [0.15, 0.2) is 46.7 Å². The fourth-order valence-corrected chi connectivity index (χ4v) is 4.23. The minimum absolute atomic E-state index is 0.0838. The van der Waals surface area contributed by atoms with Gasteiger partial charge in [0.2, 0.25) is 0 Å². The Hall–Kier alpha value is -2.52. The summed E-state index contributed by atoms with van der Waals surface area (Å²) < 4.78 is 43.4. The minimum atomic E-state index is -3.34. The third-order valence-corrected chi connectivity index (χ3v) is 6.39. The van der Waals surface area contributed by atoms with Gasteiger partial charge in [0, 0.05) is 12.3 Å². The van der Waals surface area contributed by atoms with Gasteiger partial charge in [0.15, 0.2) is 15.5 Å². The highest BCUT2D eigenvalue weighted by Gasteiger charge is 2.20. The number of hydrogen-bond donors (Lipinski definition) is 0. The SMILES string of the molecule is CCOC(=O)c1cc(-c2ccc(S(C)(=O)=O)s2)n(-c2ccc(F)cc2)n1. The zero-order valence-electron chi connectivity index (χ0n) is 14.0. The summed E-state index contributed by atoms with van der Waals surface area (Å²) in [6.07, 6.45) is 1.13. The predicted octanol–water partition coefficient (Wildman–Crippen LogP) is 3.32. The number of ether oxygens (including phenoxy) is 1. The number of nitrogens with zero attached hydrogens (tertiary/aromatic N) is 2. The van der Waals surface area contributed by atoms with Crippen LogP contribution in [0.3, 0.4) is 0 Å². The molecule has 3 rings (SSSR count). The molecule has 1 aromatic carbocycles. The van der Waals surface area contributed by atoms with Crippen LogP contribution in [-0.4, -0.2) is 37.0 Å². The van der Waals surface area contributed by atoms with Crippen LogP contribution in [0.1, 0.15) is 17.4 Å². The predicted molar refractivity (Wildman–Crippen MR) is 95.9 cm³/mol. The first kappa shape index (κ1) is 18.3. The van der Waals surface area contributed by atoms with E-state index in [-0.39, 0.29) is 16.5 Å². The number of esters is 1. The number of thiophene rings is 1. The normalized spacial score (nSPS) is 11.5. The van der Waals surface area contributed by atoms with Crippen molar-refractivity contribution in [1.29, 1.82) is 0 Å². The zero-order valence-corrected chi connectivity index (χ0v) is 15.6. The van der Waals surface area contributed by atoms with E-state index in [1.54, 1.807) is 13.0 Å². The standard InChI is InChI=1S/C17H15FN2O4S2/c1-3-24-17(21)13-10-14(15-8-9-16(25-15)26(2,22)23)20(19-13)12-6-4-11(18)5-7-12/h4-10H,3H2,1-2H3. The van der Waals surface area contributed by atoms with E-state index in [1.807, 2.05) is 0 Å². The smallest absolute Gasteiger partial charge is 0.358 e. The molecule has 0 N–H and O–H groups in total. The second kappa shape index (κ2) is 7.00. The molecule has 9 heteroatoms. The first-order valence-corrected chi connectivity index (χ1v) is 10.3. The zero-order chi connectivity index (χ0) is 18.9. The van der Waals surface area contributed by atoms with Crippen LogP contribution in [0, 0.1) is 5.82 Å². The largest absolute Gasteiger partial charge is 0.461 e. The number of halogens is 1. The first-order chi connectivity index (χ1) is 12.3. The van der Waals surface area contributed by atoms with Gasteiger partial charge in [-0.2, -0.15) is 5.10 Å². The quantitative estimate of drug-likeness (QED) is 0.621. The Morgan fingerprint density at radius 2 is 1.92 bits per heavy atom. The van der Waals surface area contributed by atoms with E-state index in [0.717, 1.165) is 17.6 Å². The molecule has 0 aliphatic carbocycles. The molecule has 0 aliphatic heterocycles. The summed E-state index contributed by atoms with van der Waals surface area (Å²) >= 11 is 1.07. The monoisotopic (exact) mass is 394 g/mol. The Balaban J connectivity index is 2.14. The molecular weight excluding hydrogens is 379 g/mol. The average molecular weight is 394 g/mol. The maximum atomic E-state index is 13.2. The molecule has 0 atom stereocenters. The Bertz CT molecular complexity index is 1050. The number of hydrogen-bond acceptors (Lipinski definition) is 6. The summed E-state index contributed by atoms with van der Waals surface area (Å²) in [5.74, 6) is -0.988. The molecule has 2 heterocycles. The maximum absolute atomic E-state index is 13.2. The van der Waals surface area contributed by atoms with Crippen LogP contribution < -0.4 is 0 Å². The summed E-state index contributed by atoms with van der Waals surface area (Å²) in [4.78, 5) is 12.6. The lowest BCUT2D eigenvalue weighted by atomic mass is 10.2. The molecule has 0 saturated heterocycles. The van der Waals surface area contributed by atoms with Crippen molar-refractivity contribution in [2.24, 2.45) is 0 Å². The highest BCUT2D eigenvalue weighted by molar-refractivity contribution is 7.92. The van der Waals surface area contributed by atoms with Crippen molar-refractivity contribution in [1.82, 2.24) is 9.78 Å². The molecule has 26 heavy (non-hydrogen) atoms. The molecular formula is C17H15FN2O4S2. The second-order valence-electron chi connectivity index (χ2n) is 5.41. The summed E-state index contributed by atoms with van der Waals surface area (Å²) in [6, 6.07) is 10.3. The second-order valence-corrected chi connectivity index (χ2v) is 8.74. The van der Waals surface area contributed by atoms with Gasteiger partial charge in [-0.1, -0.05) is 0 Å². The van der Waals surface area contributed by atoms with Gasteiger partial charge in [-0.25, -0.2) is 22.3 Å². The third-order valence-electron chi connectivity index (χ3n) is 3.46. The minimum Gasteiger partial charge on any atom is -0.461 e. The Kier molecular flexibility index (Phi) is 4.92. The van der Waals surface area contributed by atoms with Crippen molar-refractivity contribution >= 4 is 27.1 Å². The molecule has 0 saturated carbocycles. The van der Waals surface area contributed by atoms with Gasteiger partial charge in [-0.3, -0.25) is 0 Å². The van der Waals surface area contributed by atoms with E-state index in [2.05, 4.69) is 5.10 Å². The maximum Gasteiger partial charge on any atom is 0.358 e. The van der Waals surface area contributed by atoms with Crippen LogP contribution in [0.4, 0.5) is 4.39 Å². The molecule has 0 aliphatic rings. The lowest BCUT2D eigenvalue weighted by molar-refractivity contribution is 0.0519. The fourth-order valence-electron chi connectivity index (χ4n) is 2.30. The Morgan fingerprint density at radius 3 is 2.50 bits per heavy atom. The number of rotatable bonds is 5. The topological polar surface area (TPSA) is 78.3 Å². The number of carbonyl (C=O) groups is 1. The van der Waals surface area contributed by atoms with E-state index in [9.17, 15) is 17.6 Å². The third kappa shape index (κ3) is 3.68.